The van der Waals surface area contributed by atoms with E-state index >= 15 is 0 Å². The second kappa shape index (κ2) is 8.84. The molecule has 0 unspecified atom stereocenters. The van der Waals surface area contributed by atoms with Gasteiger partial charge in [0.15, 0.2) is 0 Å². The smallest absolute Gasteiger partial charge is 0.303 e. The van der Waals surface area contributed by atoms with Crippen LogP contribution in [0.2, 0.25) is 0 Å². The third kappa shape index (κ3) is 6.65. The van der Waals surface area contributed by atoms with Crippen molar-refractivity contribution in [1.29, 1.82) is 0 Å². The Morgan fingerprint density at radius 1 is 1.10 bits per heavy atom. The fourth-order valence-electron chi connectivity index (χ4n) is 1.82. The molecule has 0 aliphatic rings. The van der Waals surface area contributed by atoms with Gasteiger partial charge in [-0.3, -0.25) is 9.59 Å². The Hall–Kier alpha value is -2.24. The average molecular weight is 295 g/mol. The van der Waals surface area contributed by atoms with Crippen LogP contribution in [0, 0.1) is 0 Å². The number of nitrogens with one attached hydrogen (secondary N) is 1. The number of hydrogen-bond acceptors (Lipinski definition) is 4. The molecule has 116 valence electrons. The molecule has 1 aromatic rings. The van der Waals surface area contributed by atoms with E-state index in [4.69, 9.17) is 14.6 Å². The summed E-state index contributed by atoms with van der Waals surface area (Å²) in [6, 6.07) is 5.50. The second-order valence-electron chi connectivity index (χ2n) is 4.57. The van der Waals surface area contributed by atoms with Crippen LogP contribution < -0.4 is 14.8 Å². The summed E-state index contributed by atoms with van der Waals surface area (Å²) in [7, 11) is 3.15. The van der Waals surface area contributed by atoms with Crippen LogP contribution in [0.15, 0.2) is 18.2 Å². The van der Waals surface area contributed by atoms with Gasteiger partial charge in [0.25, 0.3) is 0 Å². The topological polar surface area (TPSA) is 84.9 Å². The van der Waals surface area contributed by atoms with Gasteiger partial charge in [0.2, 0.25) is 5.91 Å². The van der Waals surface area contributed by atoms with E-state index in [-0.39, 0.29) is 12.3 Å². The lowest BCUT2D eigenvalue weighted by atomic mass is 10.1. The number of hydrogen-bond donors (Lipinski definition) is 2. The van der Waals surface area contributed by atoms with E-state index in [0.29, 0.717) is 37.3 Å². The van der Waals surface area contributed by atoms with Gasteiger partial charge in [-0.2, -0.15) is 0 Å². The number of ether oxygens (including phenoxy) is 2. The number of aryl methyl sites for hydroxylation is 1. The Bertz CT molecular complexity index is 465. The van der Waals surface area contributed by atoms with Crippen LogP contribution >= 0.6 is 0 Å². The van der Waals surface area contributed by atoms with Crippen molar-refractivity contribution in [2.75, 3.05) is 20.8 Å². The molecule has 1 amide bonds. The van der Waals surface area contributed by atoms with Crippen molar-refractivity contribution in [2.24, 2.45) is 0 Å². The Kier molecular flexibility index (Phi) is 7.08. The normalized spacial score (nSPS) is 10.0. The summed E-state index contributed by atoms with van der Waals surface area (Å²) in [6.45, 7) is 0.382. The predicted molar refractivity (Wildman–Crippen MR) is 77.7 cm³/mol. The van der Waals surface area contributed by atoms with Crippen molar-refractivity contribution < 1.29 is 24.2 Å². The van der Waals surface area contributed by atoms with Gasteiger partial charge in [0, 0.05) is 25.5 Å². The first-order valence-electron chi connectivity index (χ1n) is 6.75. The van der Waals surface area contributed by atoms with E-state index in [1.165, 1.54) is 0 Å². The molecule has 0 saturated heterocycles. The van der Waals surface area contributed by atoms with E-state index in [0.717, 1.165) is 5.56 Å². The number of amides is 1. The maximum absolute atomic E-state index is 11.6. The van der Waals surface area contributed by atoms with E-state index in [1.54, 1.807) is 20.3 Å². The summed E-state index contributed by atoms with van der Waals surface area (Å²) < 4.78 is 10.3. The standard InChI is InChI=1S/C15H21NO5/c1-20-12-8-11(9-13(10-12)21-2)5-6-14(17)16-7-3-4-15(18)19/h8-10H,3-7H2,1-2H3,(H,16,17)(H,18,19). The van der Waals surface area contributed by atoms with Crippen molar-refractivity contribution in [3.8, 4) is 11.5 Å². The van der Waals surface area contributed by atoms with E-state index in [2.05, 4.69) is 5.32 Å². The van der Waals surface area contributed by atoms with Crippen molar-refractivity contribution in [3.63, 3.8) is 0 Å². The number of carboxylic acid groups (broad SMARTS) is 1. The lowest BCUT2D eigenvalue weighted by Crippen LogP contribution is -2.25. The Balaban J connectivity index is 2.40. The highest BCUT2D eigenvalue weighted by molar-refractivity contribution is 5.76. The highest BCUT2D eigenvalue weighted by Crippen LogP contribution is 2.23. The van der Waals surface area contributed by atoms with Crippen LogP contribution in [0.4, 0.5) is 0 Å². The maximum atomic E-state index is 11.6. The molecular formula is C15H21NO5. The summed E-state index contributed by atoms with van der Waals surface area (Å²) in [6.07, 6.45) is 1.41. The first kappa shape index (κ1) is 16.8. The molecule has 6 nitrogen and oxygen atoms in total. The zero-order valence-electron chi connectivity index (χ0n) is 12.3. The molecule has 0 aliphatic carbocycles. The summed E-state index contributed by atoms with van der Waals surface area (Å²) >= 11 is 0. The molecule has 0 heterocycles. The van der Waals surface area contributed by atoms with Crippen LogP contribution in [0.1, 0.15) is 24.8 Å². The lowest BCUT2D eigenvalue weighted by molar-refractivity contribution is -0.137. The molecule has 0 radical (unpaired) electrons. The molecular weight excluding hydrogens is 274 g/mol. The highest BCUT2D eigenvalue weighted by Gasteiger charge is 2.06. The number of carboxylic acids is 1. The number of carbonyl (C=O) groups is 2. The summed E-state index contributed by atoms with van der Waals surface area (Å²) in [5.74, 6) is 0.423. The lowest BCUT2D eigenvalue weighted by Gasteiger charge is -2.08. The van der Waals surface area contributed by atoms with Gasteiger partial charge in [-0.05, 0) is 30.5 Å². The molecule has 0 aliphatic heterocycles. The third-order valence-corrected chi connectivity index (χ3v) is 2.94. The minimum Gasteiger partial charge on any atom is -0.497 e. The zero-order valence-corrected chi connectivity index (χ0v) is 12.3. The summed E-state index contributed by atoms with van der Waals surface area (Å²) in [5.41, 5.74) is 0.951. The van der Waals surface area contributed by atoms with Gasteiger partial charge in [-0.1, -0.05) is 0 Å². The van der Waals surface area contributed by atoms with Crippen LogP contribution in [-0.4, -0.2) is 37.7 Å². The van der Waals surface area contributed by atoms with Crippen LogP contribution in [-0.2, 0) is 16.0 Å². The molecule has 2 N–H and O–H groups in total. The number of aliphatic carboxylic acids is 1. The monoisotopic (exact) mass is 295 g/mol. The van der Waals surface area contributed by atoms with Crippen molar-refractivity contribution >= 4 is 11.9 Å². The highest BCUT2D eigenvalue weighted by atomic mass is 16.5. The Labute approximate surface area is 124 Å². The molecule has 0 aromatic heterocycles. The minimum atomic E-state index is -0.854. The van der Waals surface area contributed by atoms with Gasteiger partial charge in [0.05, 0.1) is 14.2 Å². The summed E-state index contributed by atoms with van der Waals surface area (Å²) in [4.78, 5) is 22.0. The first-order chi connectivity index (χ1) is 10.0. The molecule has 0 atom stereocenters. The van der Waals surface area contributed by atoms with Gasteiger partial charge >= 0.3 is 5.97 Å². The van der Waals surface area contributed by atoms with Crippen LogP contribution in [0.5, 0.6) is 11.5 Å². The maximum Gasteiger partial charge on any atom is 0.303 e. The SMILES string of the molecule is COc1cc(CCC(=O)NCCCC(=O)O)cc(OC)c1. The second-order valence-corrected chi connectivity index (χ2v) is 4.57. The fourth-order valence-corrected chi connectivity index (χ4v) is 1.82. The van der Waals surface area contributed by atoms with E-state index in [1.807, 2.05) is 12.1 Å². The summed E-state index contributed by atoms with van der Waals surface area (Å²) in [5, 5.41) is 11.2. The van der Waals surface area contributed by atoms with Crippen molar-refractivity contribution in [2.45, 2.75) is 25.7 Å². The fraction of sp³-hybridized carbons (Fsp3) is 0.467. The van der Waals surface area contributed by atoms with Crippen LogP contribution in [0.3, 0.4) is 0 Å². The van der Waals surface area contributed by atoms with Crippen molar-refractivity contribution in [1.82, 2.24) is 5.32 Å². The molecule has 1 aromatic carbocycles. The molecule has 0 spiro atoms. The quantitative estimate of drug-likeness (QED) is 0.676. The molecule has 6 heteroatoms. The van der Waals surface area contributed by atoms with Gasteiger partial charge in [0.1, 0.15) is 11.5 Å². The zero-order chi connectivity index (χ0) is 15.7. The van der Waals surface area contributed by atoms with E-state index in [9.17, 15) is 9.59 Å². The largest absolute Gasteiger partial charge is 0.497 e. The predicted octanol–water partition coefficient (Wildman–Crippen LogP) is 1.62. The molecule has 1 rings (SSSR count). The Morgan fingerprint density at radius 3 is 2.24 bits per heavy atom. The molecule has 0 fully saturated rings. The minimum absolute atomic E-state index is 0.0629. The van der Waals surface area contributed by atoms with Crippen molar-refractivity contribution in [3.05, 3.63) is 23.8 Å². The van der Waals surface area contributed by atoms with Gasteiger partial charge in [-0.25, -0.2) is 0 Å². The van der Waals surface area contributed by atoms with Gasteiger partial charge in [-0.15, -0.1) is 0 Å². The molecule has 0 bridgehead atoms. The third-order valence-electron chi connectivity index (χ3n) is 2.94. The number of methoxy groups -OCH3 is 2. The van der Waals surface area contributed by atoms with Gasteiger partial charge < -0.3 is 19.9 Å². The first-order valence-corrected chi connectivity index (χ1v) is 6.75. The average Bonchev–Trinajstić information content (AvgIpc) is 2.48. The number of rotatable bonds is 9. The molecule has 0 saturated carbocycles. The Morgan fingerprint density at radius 2 is 1.71 bits per heavy atom. The molecule has 21 heavy (non-hydrogen) atoms. The van der Waals surface area contributed by atoms with Crippen LogP contribution in [0.25, 0.3) is 0 Å². The number of carbonyl (C=O) groups excluding carboxylic acids is 1. The number of benzene rings is 1. The van der Waals surface area contributed by atoms with E-state index < -0.39 is 5.97 Å².